The van der Waals surface area contributed by atoms with Crippen molar-refractivity contribution < 1.29 is 45.0 Å². The first-order chi connectivity index (χ1) is 30.7. The molecule has 0 amide bonds. The number of esters is 2. The van der Waals surface area contributed by atoms with Crippen LogP contribution in [-0.4, -0.2) is 37.9 Å². The Morgan fingerprint density at radius 1 is 0.484 bits per heavy atom. The van der Waals surface area contributed by atoms with E-state index in [0.29, 0.717) is 35.7 Å². The van der Waals surface area contributed by atoms with Gasteiger partial charge in [0.15, 0.2) is 0 Å². The molecule has 0 aromatic heterocycles. The van der Waals surface area contributed by atoms with Crippen LogP contribution in [0.2, 0.25) is 0 Å². The zero-order valence-electron chi connectivity index (χ0n) is 36.2. The molecule has 0 saturated heterocycles. The van der Waals surface area contributed by atoms with Gasteiger partial charge in [0.05, 0.1) is 22.7 Å². The van der Waals surface area contributed by atoms with Crippen LogP contribution in [-0.2, 0) is 29.8 Å². The number of carbonyl (C=O) groups is 2. The van der Waals surface area contributed by atoms with Crippen molar-refractivity contribution in [3.05, 3.63) is 120 Å². The van der Waals surface area contributed by atoms with Crippen LogP contribution < -0.4 is 9.47 Å². The fourth-order valence-electron chi connectivity index (χ4n) is 6.08. The van der Waals surface area contributed by atoms with E-state index in [2.05, 4.69) is 46.5 Å². The maximum absolute atomic E-state index is 12.4. The number of nitrogens with zero attached hydrogens (tertiary/aromatic N) is 4. The van der Waals surface area contributed by atoms with E-state index in [-0.39, 0.29) is 47.3 Å². The summed E-state index contributed by atoms with van der Waals surface area (Å²) in [6.45, 7) is 4.34. The van der Waals surface area contributed by atoms with Crippen LogP contribution in [0.15, 0.2) is 139 Å². The number of hydrogen-bond donors (Lipinski definition) is 2. The minimum Gasteiger partial charge on any atom is -0.427 e. The molecule has 0 atom stereocenters. The molecule has 0 aliphatic rings. The fourth-order valence-corrected chi connectivity index (χ4v) is 7.49. The molecule has 14 nitrogen and oxygen atoms in total. The van der Waals surface area contributed by atoms with Crippen LogP contribution >= 0.6 is 0 Å². The van der Waals surface area contributed by atoms with Crippen LogP contribution in [0.4, 0.5) is 22.7 Å². The van der Waals surface area contributed by atoms with Gasteiger partial charge in [0, 0.05) is 12.8 Å². The maximum atomic E-state index is 12.4. The standard InChI is InChI=1S/C48H56N4O10S2/c1-3-5-7-9-11-13-15-17-19-47(53)61-43-31-27-39(28-32-43)49-51-41-25-23-37(45(35-41)63(55,56)57)21-22-38-24-26-42(36-46(38)64(58,59)60)52-50-40-29-33-44(34-30-40)62-48(54)20-18-16-14-12-10-8-6-4-2/h13-16,21-36H,3-12,17-20H2,1-2H3,(H,55,56,57)(H,58,59,60)/b15-13+,16-14+,22-21+,51-49?,52-50?. The van der Waals surface area contributed by atoms with E-state index in [1.165, 1.54) is 74.9 Å². The second-order valence-corrected chi connectivity index (χ2v) is 17.6. The van der Waals surface area contributed by atoms with Crippen molar-refractivity contribution in [2.75, 3.05) is 0 Å². The van der Waals surface area contributed by atoms with E-state index in [1.54, 1.807) is 48.5 Å². The van der Waals surface area contributed by atoms with Gasteiger partial charge < -0.3 is 9.47 Å². The summed E-state index contributed by atoms with van der Waals surface area (Å²) in [7, 11) is -9.60. The smallest absolute Gasteiger partial charge is 0.311 e. The molecule has 0 unspecified atom stereocenters. The molecule has 340 valence electrons. The summed E-state index contributed by atoms with van der Waals surface area (Å²) < 4.78 is 80.5. The Balaban J connectivity index is 1.36. The highest BCUT2D eigenvalue weighted by Crippen LogP contribution is 2.30. The van der Waals surface area contributed by atoms with E-state index in [1.807, 2.05) is 12.2 Å². The predicted octanol–water partition coefficient (Wildman–Crippen LogP) is 13.6. The van der Waals surface area contributed by atoms with E-state index in [4.69, 9.17) is 9.47 Å². The maximum Gasteiger partial charge on any atom is 0.311 e. The Morgan fingerprint density at radius 2 is 0.828 bits per heavy atom. The molecular formula is C48H56N4O10S2. The molecular weight excluding hydrogens is 857 g/mol. The first-order valence-electron chi connectivity index (χ1n) is 21.4. The molecule has 16 heteroatoms. The Hall–Kier alpha value is -5.94. The summed E-state index contributed by atoms with van der Waals surface area (Å²) >= 11 is 0. The molecule has 0 aliphatic carbocycles. The van der Waals surface area contributed by atoms with Crippen molar-refractivity contribution in [1.82, 2.24) is 0 Å². The molecule has 0 heterocycles. The molecule has 0 bridgehead atoms. The summed E-state index contributed by atoms with van der Waals surface area (Å²) in [4.78, 5) is 23.4. The average molecular weight is 913 g/mol. The van der Waals surface area contributed by atoms with Crippen LogP contribution in [0.1, 0.15) is 115 Å². The van der Waals surface area contributed by atoms with Crippen LogP contribution in [0.5, 0.6) is 11.5 Å². The summed E-state index contributed by atoms with van der Waals surface area (Å²) in [6.07, 6.45) is 23.8. The number of hydrogen-bond acceptors (Lipinski definition) is 12. The molecule has 4 aromatic carbocycles. The number of unbranched alkanes of at least 4 members (excludes halogenated alkanes) is 8. The van der Waals surface area contributed by atoms with Crippen molar-refractivity contribution in [2.24, 2.45) is 20.5 Å². The molecule has 0 fully saturated rings. The average Bonchev–Trinajstić information content (AvgIpc) is 3.26. The number of allylic oxidation sites excluding steroid dienone is 4. The normalized spacial score (nSPS) is 12.4. The van der Waals surface area contributed by atoms with E-state index < -0.39 is 30.0 Å². The number of rotatable bonds is 26. The van der Waals surface area contributed by atoms with Gasteiger partial charge in [-0.1, -0.05) is 101 Å². The third-order valence-electron chi connectivity index (χ3n) is 9.50. The van der Waals surface area contributed by atoms with Crippen LogP contribution in [0.25, 0.3) is 12.2 Å². The Bertz CT molecular complexity index is 2340. The van der Waals surface area contributed by atoms with Crippen molar-refractivity contribution in [2.45, 2.75) is 114 Å². The van der Waals surface area contributed by atoms with E-state index >= 15 is 0 Å². The first-order valence-corrected chi connectivity index (χ1v) is 24.3. The molecule has 64 heavy (non-hydrogen) atoms. The zero-order valence-corrected chi connectivity index (χ0v) is 37.8. The van der Waals surface area contributed by atoms with Crippen LogP contribution in [0.3, 0.4) is 0 Å². The Morgan fingerprint density at radius 3 is 1.19 bits per heavy atom. The summed E-state index contributed by atoms with van der Waals surface area (Å²) in [5.41, 5.74) is 0.881. The molecule has 4 rings (SSSR count). The van der Waals surface area contributed by atoms with E-state index in [0.717, 1.165) is 37.8 Å². The van der Waals surface area contributed by atoms with Gasteiger partial charge in [-0.3, -0.25) is 18.7 Å². The van der Waals surface area contributed by atoms with Gasteiger partial charge in [-0.15, -0.1) is 0 Å². The Kier molecular flexibility index (Phi) is 21.1. The SMILES string of the molecule is CCCCCC/C=C/CCC(=O)Oc1ccc(N=Nc2ccc(/C=C/c3ccc(N=Nc4ccc(OC(=O)CC/C=C/CCCCCC)cc4)cc3S(=O)(=O)O)c(S(=O)(=O)O)c2)cc1. The number of benzene rings is 4. The van der Waals surface area contributed by atoms with Crippen molar-refractivity contribution in [3.8, 4) is 11.5 Å². The van der Waals surface area contributed by atoms with Gasteiger partial charge in [0.25, 0.3) is 20.2 Å². The molecule has 0 aliphatic heterocycles. The zero-order chi connectivity index (χ0) is 46.2. The first kappa shape index (κ1) is 50.7. The quantitative estimate of drug-likeness (QED) is 0.0116. The van der Waals surface area contributed by atoms with Gasteiger partial charge in [0.1, 0.15) is 21.3 Å². The summed E-state index contributed by atoms with van der Waals surface area (Å²) in [6, 6.07) is 20.2. The lowest BCUT2D eigenvalue weighted by Gasteiger charge is -2.06. The molecule has 0 spiro atoms. The van der Waals surface area contributed by atoms with Crippen LogP contribution in [0, 0.1) is 0 Å². The van der Waals surface area contributed by atoms with Gasteiger partial charge >= 0.3 is 11.9 Å². The largest absolute Gasteiger partial charge is 0.427 e. The van der Waals surface area contributed by atoms with Crippen molar-refractivity contribution in [3.63, 3.8) is 0 Å². The fraction of sp³-hybridized carbons (Fsp3) is 0.333. The highest BCUT2D eigenvalue weighted by molar-refractivity contribution is 7.86. The van der Waals surface area contributed by atoms with Gasteiger partial charge in [-0.05, 0) is 122 Å². The number of carbonyl (C=O) groups excluding carboxylic acids is 2. The lowest BCUT2D eigenvalue weighted by atomic mass is 10.1. The Labute approximate surface area is 376 Å². The third-order valence-corrected chi connectivity index (χ3v) is 11.3. The molecule has 2 N–H and O–H groups in total. The minimum absolute atomic E-state index is 0.0146. The van der Waals surface area contributed by atoms with Gasteiger partial charge in [-0.25, -0.2) is 0 Å². The summed E-state index contributed by atoms with van der Waals surface area (Å²) in [5.74, 6) is -0.0706. The molecule has 0 radical (unpaired) electrons. The van der Waals surface area contributed by atoms with Gasteiger partial charge in [-0.2, -0.15) is 37.3 Å². The van der Waals surface area contributed by atoms with Gasteiger partial charge in [0.2, 0.25) is 0 Å². The molecule has 4 aromatic rings. The predicted molar refractivity (Wildman–Crippen MR) is 248 cm³/mol. The third kappa shape index (κ3) is 18.8. The molecule has 0 saturated carbocycles. The highest BCUT2D eigenvalue weighted by Gasteiger charge is 2.18. The van der Waals surface area contributed by atoms with E-state index in [9.17, 15) is 35.5 Å². The second-order valence-electron chi connectivity index (χ2n) is 14.8. The van der Waals surface area contributed by atoms with Crippen molar-refractivity contribution in [1.29, 1.82) is 0 Å². The summed E-state index contributed by atoms with van der Waals surface area (Å²) in [5, 5.41) is 16.4. The lowest BCUT2D eigenvalue weighted by molar-refractivity contribution is -0.135. The lowest BCUT2D eigenvalue weighted by Crippen LogP contribution is -2.06. The second kappa shape index (κ2) is 26.6. The monoisotopic (exact) mass is 912 g/mol. The van der Waals surface area contributed by atoms with Crippen molar-refractivity contribution >= 4 is 67.1 Å². The topological polar surface area (TPSA) is 211 Å². The number of azo groups is 2. The highest BCUT2D eigenvalue weighted by atomic mass is 32.2. The minimum atomic E-state index is -4.80. The number of ether oxygens (including phenoxy) is 2.